The molecule has 2 N–H and O–H groups in total. The predicted molar refractivity (Wildman–Crippen MR) is 56.4 cm³/mol. The van der Waals surface area contributed by atoms with Crippen LogP contribution in [0.3, 0.4) is 0 Å². The van der Waals surface area contributed by atoms with E-state index in [1.807, 2.05) is 0 Å². The number of hydrogen-bond acceptors (Lipinski definition) is 5. The largest absolute Gasteiger partial charge is 0.479 e. The Morgan fingerprint density at radius 2 is 2.24 bits per heavy atom. The number of aliphatic carboxylic acids is 1. The SMILES string of the molecule is CC(O)(C(=O)O)c1cccc(-n2cnnn2)c1. The molecule has 1 aromatic heterocycles. The van der Waals surface area contributed by atoms with Crippen molar-refractivity contribution in [1.29, 1.82) is 0 Å². The summed E-state index contributed by atoms with van der Waals surface area (Å²) in [6, 6.07) is 6.38. The summed E-state index contributed by atoms with van der Waals surface area (Å²) < 4.78 is 1.38. The highest BCUT2D eigenvalue weighted by Crippen LogP contribution is 2.22. The van der Waals surface area contributed by atoms with Crippen molar-refractivity contribution in [3.8, 4) is 5.69 Å². The van der Waals surface area contributed by atoms with Crippen LogP contribution in [-0.2, 0) is 10.4 Å². The second-order valence-corrected chi connectivity index (χ2v) is 3.68. The summed E-state index contributed by atoms with van der Waals surface area (Å²) in [6.07, 6.45) is 1.38. The number of aromatic nitrogens is 4. The molecule has 1 unspecified atom stereocenters. The van der Waals surface area contributed by atoms with E-state index in [9.17, 15) is 9.90 Å². The molecule has 1 heterocycles. The first-order chi connectivity index (χ1) is 8.01. The van der Waals surface area contributed by atoms with E-state index in [0.717, 1.165) is 0 Å². The van der Waals surface area contributed by atoms with E-state index in [1.165, 1.54) is 30.1 Å². The van der Waals surface area contributed by atoms with Crippen molar-refractivity contribution in [1.82, 2.24) is 20.2 Å². The number of carboxylic acid groups (broad SMARTS) is 1. The molecule has 0 aliphatic rings. The topological polar surface area (TPSA) is 101 Å². The summed E-state index contributed by atoms with van der Waals surface area (Å²) in [6.45, 7) is 1.22. The minimum Gasteiger partial charge on any atom is -0.479 e. The summed E-state index contributed by atoms with van der Waals surface area (Å²) >= 11 is 0. The number of tetrazole rings is 1. The molecule has 0 bridgehead atoms. The van der Waals surface area contributed by atoms with Crippen LogP contribution in [0.5, 0.6) is 0 Å². The number of aliphatic hydroxyl groups is 1. The minimum absolute atomic E-state index is 0.262. The quantitative estimate of drug-likeness (QED) is 0.772. The molecular formula is C10H10N4O3. The van der Waals surface area contributed by atoms with Crippen molar-refractivity contribution < 1.29 is 15.0 Å². The first kappa shape index (κ1) is 11.2. The lowest BCUT2D eigenvalue weighted by Crippen LogP contribution is -2.31. The summed E-state index contributed by atoms with van der Waals surface area (Å²) in [5.41, 5.74) is -1.10. The summed E-state index contributed by atoms with van der Waals surface area (Å²) in [5, 5.41) is 29.4. The fraction of sp³-hybridized carbons (Fsp3) is 0.200. The van der Waals surface area contributed by atoms with Crippen LogP contribution in [0.15, 0.2) is 30.6 Å². The monoisotopic (exact) mass is 234 g/mol. The van der Waals surface area contributed by atoms with Crippen molar-refractivity contribution in [3.63, 3.8) is 0 Å². The first-order valence-corrected chi connectivity index (χ1v) is 4.81. The molecule has 0 aliphatic carbocycles. The molecule has 17 heavy (non-hydrogen) atoms. The smallest absolute Gasteiger partial charge is 0.340 e. The maximum Gasteiger partial charge on any atom is 0.340 e. The van der Waals surface area contributed by atoms with Gasteiger partial charge < -0.3 is 10.2 Å². The van der Waals surface area contributed by atoms with E-state index in [2.05, 4.69) is 15.5 Å². The third-order valence-electron chi connectivity index (χ3n) is 2.44. The zero-order chi connectivity index (χ0) is 12.5. The number of carbonyl (C=O) groups is 1. The van der Waals surface area contributed by atoms with Gasteiger partial charge in [0.2, 0.25) is 0 Å². The van der Waals surface area contributed by atoms with Gasteiger partial charge in [-0.15, -0.1) is 5.10 Å². The van der Waals surface area contributed by atoms with Gasteiger partial charge in [0.05, 0.1) is 5.69 Å². The third-order valence-corrected chi connectivity index (χ3v) is 2.44. The van der Waals surface area contributed by atoms with E-state index >= 15 is 0 Å². The molecule has 2 aromatic rings. The molecule has 1 atom stereocenters. The van der Waals surface area contributed by atoms with Crippen molar-refractivity contribution >= 4 is 5.97 Å². The maximum atomic E-state index is 10.9. The van der Waals surface area contributed by atoms with Crippen molar-refractivity contribution in [2.45, 2.75) is 12.5 Å². The molecule has 2 rings (SSSR count). The van der Waals surface area contributed by atoms with Gasteiger partial charge in [-0.2, -0.15) is 0 Å². The third kappa shape index (κ3) is 2.00. The Balaban J connectivity index is 2.46. The molecule has 7 nitrogen and oxygen atoms in total. The lowest BCUT2D eigenvalue weighted by atomic mass is 9.96. The standard InChI is InChI=1S/C10H10N4O3/c1-10(17,9(15)16)7-3-2-4-8(5-7)14-6-11-12-13-14/h2-6,17H,1H3,(H,15,16). The van der Waals surface area contributed by atoms with Crippen molar-refractivity contribution in [3.05, 3.63) is 36.2 Å². The second kappa shape index (κ2) is 3.95. The lowest BCUT2D eigenvalue weighted by Gasteiger charge is -2.18. The van der Waals surface area contributed by atoms with Crippen LogP contribution in [-0.4, -0.2) is 36.4 Å². The van der Waals surface area contributed by atoms with Gasteiger partial charge >= 0.3 is 5.97 Å². The Kier molecular flexibility index (Phi) is 2.60. The van der Waals surface area contributed by atoms with E-state index in [0.29, 0.717) is 5.69 Å². The van der Waals surface area contributed by atoms with Crippen LogP contribution in [0.1, 0.15) is 12.5 Å². The van der Waals surface area contributed by atoms with Gasteiger partial charge in [0.1, 0.15) is 6.33 Å². The molecule has 0 saturated heterocycles. The molecule has 0 radical (unpaired) electrons. The average Bonchev–Trinajstić information content (AvgIpc) is 2.82. The summed E-state index contributed by atoms with van der Waals surface area (Å²) in [4.78, 5) is 10.9. The predicted octanol–water partition coefficient (Wildman–Crippen LogP) is -0.0456. The maximum absolute atomic E-state index is 10.9. The molecule has 0 fully saturated rings. The first-order valence-electron chi connectivity index (χ1n) is 4.81. The van der Waals surface area contributed by atoms with Crippen LogP contribution in [0.25, 0.3) is 5.69 Å². The fourth-order valence-corrected chi connectivity index (χ4v) is 1.35. The molecule has 0 spiro atoms. The minimum atomic E-state index is -1.94. The van der Waals surface area contributed by atoms with Crippen LogP contribution in [0.2, 0.25) is 0 Å². The molecule has 0 aliphatic heterocycles. The number of carboxylic acids is 1. The lowest BCUT2D eigenvalue weighted by molar-refractivity contribution is -0.157. The van der Waals surface area contributed by atoms with Crippen LogP contribution >= 0.6 is 0 Å². The van der Waals surface area contributed by atoms with E-state index in [4.69, 9.17) is 5.11 Å². The Hall–Kier alpha value is -2.28. The zero-order valence-electron chi connectivity index (χ0n) is 8.98. The Morgan fingerprint density at radius 3 is 2.82 bits per heavy atom. The Labute approximate surface area is 96.3 Å². The number of benzene rings is 1. The van der Waals surface area contributed by atoms with Gasteiger partial charge in [-0.1, -0.05) is 12.1 Å². The molecular weight excluding hydrogens is 224 g/mol. The highest BCUT2D eigenvalue weighted by Gasteiger charge is 2.32. The number of nitrogens with zero attached hydrogens (tertiary/aromatic N) is 4. The summed E-state index contributed by atoms with van der Waals surface area (Å²) in [7, 11) is 0. The van der Waals surface area contributed by atoms with Crippen molar-refractivity contribution in [2.24, 2.45) is 0 Å². The zero-order valence-corrected chi connectivity index (χ0v) is 8.98. The number of hydrogen-bond donors (Lipinski definition) is 2. The van der Waals surface area contributed by atoms with E-state index in [-0.39, 0.29) is 5.56 Å². The highest BCUT2D eigenvalue weighted by atomic mass is 16.4. The van der Waals surface area contributed by atoms with Crippen LogP contribution < -0.4 is 0 Å². The Morgan fingerprint density at radius 1 is 1.47 bits per heavy atom. The highest BCUT2D eigenvalue weighted by molar-refractivity contribution is 5.78. The van der Waals surface area contributed by atoms with E-state index in [1.54, 1.807) is 12.1 Å². The Bertz CT molecular complexity index is 536. The molecule has 88 valence electrons. The normalized spacial score (nSPS) is 14.2. The van der Waals surface area contributed by atoms with Gasteiger partial charge in [-0.05, 0) is 35.0 Å². The fourth-order valence-electron chi connectivity index (χ4n) is 1.35. The van der Waals surface area contributed by atoms with Crippen molar-refractivity contribution in [2.75, 3.05) is 0 Å². The summed E-state index contributed by atoms with van der Waals surface area (Å²) in [5.74, 6) is -1.31. The second-order valence-electron chi connectivity index (χ2n) is 3.68. The molecule has 1 aromatic carbocycles. The molecule has 0 saturated carbocycles. The van der Waals surface area contributed by atoms with Gasteiger partial charge in [0, 0.05) is 0 Å². The van der Waals surface area contributed by atoms with E-state index < -0.39 is 11.6 Å². The van der Waals surface area contributed by atoms with Crippen LogP contribution in [0, 0.1) is 0 Å². The van der Waals surface area contributed by atoms with Crippen LogP contribution in [0.4, 0.5) is 0 Å². The molecule has 7 heteroatoms. The number of rotatable bonds is 3. The molecule has 0 amide bonds. The average molecular weight is 234 g/mol. The van der Waals surface area contributed by atoms with Gasteiger partial charge in [0.25, 0.3) is 0 Å². The van der Waals surface area contributed by atoms with Gasteiger partial charge in [0.15, 0.2) is 5.60 Å². The van der Waals surface area contributed by atoms with Gasteiger partial charge in [-0.3, -0.25) is 0 Å². The van der Waals surface area contributed by atoms with Gasteiger partial charge in [-0.25, -0.2) is 9.48 Å².